The SMILES string of the molecule is O=C1C=C(N2CCOCC2)CC2=C1CC=C2c1ncoc1Br. The third kappa shape index (κ3) is 2.27. The van der Waals surface area contributed by atoms with Gasteiger partial charge in [-0.3, -0.25) is 4.79 Å². The van der Waals surface area contributed by atoms with Gasteiger partial charge in [-0.15, -0.1) is 0 Å². The molecule has 0 unspecified atom stereocenters. The van der Waals surface area contributed by atoms with Gasteiger partial charge in [-0.2, -0.15) is 0 Å². The first-order valence-electron chi connectivity index (χ1n) is 7.33. The molecule has 0 amide bonds. The van der Waals surface area contributed by atoms with Crippen LogP contribution in [0.3, 0.4) is 0 Å². The van der Waals surface area contributed by atoms with Crippen molar-refractivity contribution >= 4 is 27.3 Å². The Kier molecular flexibility index (Phi) is 3.50. The molecular weight excluding hydrogens is 348 g/mol. The van der Waals surface area contributed by atoms with Crippen LogP contribution in [0, 0.1) is 0 Å². The van der Waals surface area contributed by atoms with Gasteiger partial charge in [0.15, 0.2) is 16.8 Å². The number of ketones is 1. The van der Waals surface area contributed by atoms with Crippen LogP contribution in [0.5, 0.6) is 0 Å². The van der Waals surface area contributed by atoms with Gasteiger partial charge in [0, 0.05) is 42.4 Å². The van der Waals surface area contributed by atoms with Crippen molar-refractivity contribution in [2.75, 3.05) is 26.3 Å². The third-order valence-electron chi connectivity index (χ3n) is 4.35. The van der Waals surface area contributed by atoms with Crippen LogP contribution in [0.25, 0.3) is 5.57 Å². The number of hydrogen-bond donors (Lipinski definition) is 0. The molecule has 22 heavy (non-hydrogen) atoms. The Morgan fingerprint density at radius 1 is 1.23 bits per heavy atom. The van der Waals surface area contributed by atoms with Crippen molar-refractivity contribution in [2.45, 2.75) is 12.8 Å². The molecule has 114 valence electrons. The highest BCUT2D eigenvalue weighted by molar-refractivity contribution is 9.10. The molecule has 0 aromatic carbocycles. The van der Waals surface area contributed by atoms with Crippen LogP contribution in [0.15, 0.2) is 44.5 Å². The fraction of sp³-hybridized carbons (Fsp3) is 0.375. The molecule has 1 aromatic rings. The van der Waals surface area contributed by atoms with Gasteiger partial charge in [0.1, 0.15) is 5.69 Å². The van der Waals surface area contributed by atoms with Crippen LogP contribution in [0.2, 0.25) is 0 Å². The first kappa shape index (κ1) is 14.0. The molecule has 0 spiro atoms. The lowest BCUT2D eigenvalue weighted by molar-refractivity contribution is -0.111. The van der Waals surface area contributed by atoms with Gasteiger partial charge in [0.05, 0.1) is 13.2 Å². The summed E-state index contributed by atoms with van der Waals surface area (Å²) in [5.41, 5.74) is 4.86. The molecule has 0 radical (unpaired) electrons. The average Bonchev–Trinajstić information content (AvgIpc) is 3.14. The molecule has 3 aliphatic rings. The van der Waals surface area contributed by atoms with E-state index in [-0.39, 0.29) is 5.78 Å². The summed E-state index contributed by atoms with van der Waals surface area (Å²) in [6.07, 6.45) is 6.73. The van der Waals surface area contributed by atoms with Crippen molar-refractivity contribution in [3.8, 4) is 0 Å². The number of nitrogens with zero attached hydrogens (tertiary/aromatic N) is 2. The second-order valence-electron chi connectivity index (χ2n) is 5.53. The van der Waals surface area contributed by atoms with Gasteiger partial charge in [0.25, 0.3) is 0 Å². The standard InChI is InChI=1S/C16H15BrN2O3/c17-16-15(18-9-22-16)12-2-1-11-13(12)7-10(8-14(11)20)19-3-5-21-6-4-19/h2,8-9H,1,3-7H2. The molecule has 2 aliphatic carbocycles. The highest BCUT2D eigenvalue weighted by Crippen LogP contribution is 2.42. The zero-order valence-corrected chi connectivity index (χ0v) is 13.6. The van der Waals surface area contributed by atoms with Crippen molar-refractivity contribution in [3.63, 3.8) is 0 Å². The lowest BCUT2D eigenvalue weighted by atomic mass is 9.91. The fourth-order valence-corrected chi connectivity index (χ4v) is 3.64. The average molecular weight is 363 g/mol. The maximum Gasteiger partial charge on any atom is 0.197 e. The Hall–Kier alpha value is -1.66. The minimum absolute atomic E-state index is 0.119. The summed E-state index contributed by atoms with van der Waals surface area (Å²) in [6.45, 7) is 3.12. The summed E-state index contributed by atoms with van der Waals surface area (Å²) in [7, 11) is 0. The zero-order valence-electron chi connectivity index (χ0n) is 12.0. The number of carbonyl (C=O) groups excluding carboxylic acids is 1. The summed E-state index contributed by atoms with van der Waals surface area (Å²) in [6, 6.07) is 0. The highest BCUT2D eigenvalue weighted by atomic mass is 79.9. The van der Waals surface area contributed by atoms with E-state index >= 15 is 0 Å². The largest absolute Gasteiger partial charge is 0.436 e. The van der Waals surface area contributed by atoms with E-state index in [1.54, 1.807) is 6.08 Å². The van der Waals surface area contributed by atoms with Gasteiger partial charge in [-0.25, -0.2) is 4.98 Å². The van der Waals surface area contributed by atoms with Crippen LogP contribution in [0.1, 0.15) is 18.5 Å². The summed E-state index contributed by atoms with van der Waals surface area (Å²) in [5.74, 6) is 0.119. The van der Waals surface area contributed by atoms with E-state index in [1.807, 2.05) is 0 Å². The van der Waals surface area contributed by atoms with Crippen molar-refractivity contribution in [1.82, 2.24) is 9.88 Å². The predicted molar refractivity (Wildman–Crippen MR) is 83.9 cm³/mol. The van der Waals surface area contributed by atoms with Gasteiger partial charge in [0.2, 0.25) is 0 Å². The second-order valence-corrected chi connectivity index (χ2v) is 6.25. The Labute approximate surface area is 136 Å². The molecule has 5 nitrogen and oxygen atoms in total. The molecular formula is C16H15BrN2O3. The first-order valence-corrected chi connectivity index (χ1v) is 8.13. The number of allylic oxidation sites excluding steroid dienone is 5. The second kappa shape index (κ2) is 5.52. The Balaban J connectivity index is 1.64. The molecule has 2 heterocycles. The smallest absolute Gasteiger partial charge is 0.197 e. The minimum atomic E-state index is 0.119. The van der Waals surface area contributed by atoms with Gasteiger partial charge < -0.3 is 14.1 Å². The molecule has 0 N–H and O–H groups in total. The van der Waals surface area contributed by atoms with Crippen molar-refractivity contribution in [1.29, 1.82) is 0 Å². The molecule has 1 aliphatic heterocycles. The van der Waals surface area contributed by atoms with Crippen molar-refractivity contribution in [3.05, 3.63) is 45.8 Å². The van der Waals surface area contributed by atoms with Crippen molar-refractivity contribution < 1.29 is 13.9 Å². The Bertz CT molecular complexity index is 724. The molecule has 0 bridgehead atoms. The van der Waals surface area contributed by atoms with E-state index in [0.717, 1.165) is 60.8 Å². The summed E-state index contributed by atoms with van der Waals surface area (Å²) in [5, 5.41) is 0. The number of carbonyl (C=O) groups is 1. The number of aromatic nitrogens is 1. The normalized spacial score (nSPS) is 21.9. The molecule has 1 saturated heterocycles. The van der Waals surface area contributed by atoms with Crippen LogP contribution in [-0.4, -0.2) is 42.0 Å². The Morgan fingerprint density at radius 3 is 2.77 bits per heavy atom. The number of ether oxygens (including phenoxy) is 1. The quantitative estimate of drug-likeness (QED) is 0.809. The summed E-state index contributed by atoms with van der Waals surface area (Å²) in [4.78, 5) is 19.0. The summed E-state index contributed by atoms with van der Waals surface area (Å²) >= 11 is 3.38. The maximum atomic E-state index is 12.4. The Morgan fingerprint density at radius 2 is 2.05 bits per heavy atom. The van der Waals surface area contributed by atoms with E-state index in [9.17, 15) is 4.79 Å². The summed E-state index contributed by atoms with van der Waals surface area (Å²) < 4.78 is 11.2. The monoisotopic (exact) mass is 362 g/mol. The van der Waals surface area contributed by atoms with E-state index in [2.05, 4.69) is 31.9 Å². The number of rotatable bonds is 2. The van der Waals surface area contributed by atoms with E-state index in [1.165, 1.54) is 6.39 Å². The number of halogens is 1. The highest BCUT2D eigenvalue weighted by Gasteiger charge is 2.31. The molecule has 6 heteroatoms. The van der Waals surface area contributed by atoms with E-state index in [0.29, 0.717) is 11.1 Å². The van der Waals surface area contributed by atoms with Gasteiger partial charge >= 0.3 is 0 Å². The van der Waals surface area contributed by atoms with Crippen molar-refractivity contribution in [2.24, 2.45) is 0 Å². The maximum absolute atomic E-state index is 12.4. The molecule has 1 fully saturated rings. The molecule has 1 aromatic heterocycles. The number of oxazole rings is 1. The lowest BCUT2D eigenvalue weighted by Gasteiger charge is -2.33. The topological polar surface area (TPSA) is 55.6 Å². The van der Waals surface area contributed by atoms with Crippen LogP contribution in [0.4, 0.5) is 0 Å². The van der Waals surface area contributed by atoms with Crippen LogP contribution < -0.4 is 0 Å². The van der Waals surface area contributed by atoms with Crippen LogP contribution >= 0.6 is 15.9 Å². The first-order chi connectivity index (χ1) is 10.7. The van der Waals surface area contributed by atoms with E-state index < -0.39 is 0 Å². The predicted octanol–water partition coefficient (Wildman–Crippen LogP) is 2.71. The minimum Gasteiger partial charge on any atom is -0.436 e. The zero-order chi connectivity index (χ0) is 15.1. The van der Waals surface area contributed by atoms with Gasteiger partial charge in [-0.1, -0.05) is 6.08 Å². The molecule has 0 saturated carbocycles. The number of hydrogen-bond acceptors (Lipinski definition) is 5. The fourth-order valence-electron chi connectivity index (χ4n) is 3.24. The molecule has 0 atom stereocenters. The van der Waals surface area contributed by atoms with Crippen LogP contribution in [-0.2, 0) is 9.53 Å². The third-order valence-corrected chi connectivity index (χ3v) is 4.91. The molecule has 4 rings (SSSR count). The number of morpholine rings is 1. The van der Waals surface area contributed by atoms with Gasteiger partial charge in [-0.05, 0) is 27.9 Å². The van der Waals surface area contributed by atoms with E-state index in [4.69, 9.17) is 9.15 Å². The lowest BCUT2D eigenvalue weighted by Crippen LogP contribution is -2.36.